The first-order valence-electron chi connectivity index (χ1n) is 12.4. The molecule has 0 spiro atoms. The lowest BCUT2D eigenvalue weighted by molar-refractivity contribution is -0.116. The van der Waals surface area contributed by atoms with E-state index in [1.165, 1.54) is 25.3 Å². The quantitative estimate of drug-likeness (QED) is 0.292. The van der Waals surface area contributed by atoms with E-state index < -0.39 is 24.4 Å². The Morgan fingerprint density at radius 1 is 0.897 bits per heavy atom. The third-order valence-corrected chi connectivity index (χ3v) is 10.4. The number of hydrogen-bond acceptors (Lipinski definition) is 6. The van der Waals surface area contributed by atoms with Crippen molar-refractivity contribution >= 4 is 42.2 Å². The van der Waals surface area contributed by atoms with Crippen LogP contribution in [0.5, 0.6) is 0 Å². The molecule has 0 aliphatic rings. The zero-order chi connectivity index (χ0) is 28.6. The van der Waals surface area contributed by atoms with Crippen LogP contribution in [0.4, 0.5) is 5.69 Å². The third-order valence-electron chi connectivity index (χ3n) is 7.15. The van der Waals surface area contributed by atoms with Crippen LogP contribution in [-0.4, -0.2) is 46.8 Å². The summed E-state index contributed by atoms with van der Waals surface area (Å²) in [5.74, 6) is -0.149. The van der Waals surface area contributed by atoms with Gasteiger partial charge in [0.05, 0.1) is 15.2 Å². The summed E-state index contributed by atoms with van der Waals surface area (Å²) in [5.41, 5.74) is 4.81. The number of hydrogen-bond donors (Lipinski definition) is 0. The van der Waals surface area contributed by atoms with Crippen LogP contribution in [0.15, 0.2) is 83.9 Å². The van der Waals surface area contributed by atoms with Crippen LogP contribution in [0, 0.1) is 0 Å². The zero-order valence-electron chi connectivity index (χ0n) is 22.7. The summed E-state index contributed by atoms with van der Waals surface area (Å²) in [4.78, 5) is 18.8. The maximum Gasteiger partial charge on any atom is 0.223 e. The van der Waals surface area contributed by atoms with E-state index in [1.54, 1.807) is 37.1 Å². The van der Waals surface area contributed by atoms with Gasteiger partial charge in [0.25, 0.3) is 0 Å². The van der Waals surface area contributed by atoms with Crippen LogP contribution in [0.1, 0.15) is 31.9 Å². The van der Waals surface area contributed by atoms with Crippen molar-refractivity contribution in [3.63, 3.8) is 0 Å². The van der Waals surface area contributed by atoms with Gasteiger partial charge in [-0.15, -0.1) is 0 Å². The Bertz CT molecular complexity index is 1760. The average molecular weight is 565 g/mol. The molecule has 0 atom stereocenters. The molecule has 4 rings (SSSR count). The van der Waals surface area contributed by atoms with Crippen LogP contribution in [0.2, 0.25) is 0 Å². The fourth-order valence-electron chi connectivity index (χ4n) is 4.45. The summed E-state index contributed by atoms with van der Waals surface area (Å²) in [5, 5.41) is 0.854. The molecule has 0 radical (unpaired) electrons. The summed E-state index contributed by atoms with van der Waals surface area (Å²) in [6, 6.07) is 21.8. The van der Waals surface area contributed by atoms with Crippen LogP contribution in [0.3, 0.4) is 0 Å². The predicted octanol–water partition coefficient (Wildman–Crippen LogP) is 5.18. The fraction of sp³-hybridized carbons (Fsp3) is 0.267. The topological polar surface area (TPSA) is 101 Å². The molecule has 0 unspecified atom stereocenters. The van der Waals surface area contributed by atoms with Crippen molar-refractivity contribution in [1.82, 2.24) is 4.98 Å². The van der Waals surface area contributed by atoms with Crippen molar-refractivity contribution in [3.8, 4) is 11.1 Å². The molecule has 1 aromatic heterocycles. The number of nitrogens with zero attached hydrogens (tertiary/aromatic N) is 2. The van der Waals surface area contributed by atoms with Crippen LogP contribution >= 0.6 is 0 Å². The summed E-state index contributed by atoms with van der Waals surface area (Å²) in [6.45, 7) is 5.29. The molecule has 1 heterocycles. The van der Waals surface area contributed by atoms with Gasteiger partial charge in [0, 0.05) is 48.8 Å². The maximum atomic E-state index is 12.6. The minimum absolute atomic E-state index is 0.149. The molecule has 3 aromatic carbocycles. The molecule has 0 aliphatic heterocycles. The SMILES string of the molecule is CC(=O)N(CCc1cccc(-c2cc(C(C)(C)S(C)(=O)=O)cc3cccnc23)c1)c1ccc(S(C)(=O)=O)cc1. The van der Waals surface area contributed by atoms with Crippen molar-refractivity contribution in [2.45, 2.75) is 36.8 Å². The Kier molecular flexibility index (Phi) is 7.69. The van der Waals surface area contributed by atoms with Gasteiger partial charge in [-0.3, -0.25) is 9.78 Å². The van der Waals surface area contributed by atoms with E-state index in [1.807, 2.05) is 48.5 Å². The number of aromatic nitrogens is 1. The molecule has 4 aromatic rings. The smallest absolute Gasteiger partial charge is 0.223 e. The van der Waals surface area contributed by atoms with E-state index in [4.69, 9.17) is 0 Å². The molecule has 0 aliphatic carbocycles. The second-order valence-electron chi connectivity index (χ2n) is 10.3. The number of rotatable bonds is 8. The Hall–Kier alpha value is -3.56. The van der Waals surface area contributed by atoms with E-state index in [0.717, 1.165) is 33.8 Å². The van der Waals surface area contributed by atoms with Crippen LogP contribution in [0.25, 0.3) is 22.0 Å². The summed E-state index contributed by atoms with van der Waals surface area (Å²) in [7, 11) is -6.72. The lowest BCUT2D eigenvalue weighted by Gasteiger charge is -2.24. The minimum atomic E-state index is -3.39. The average Bonchev–Trinajstić information content (AvgIpc) is 2.87. The van der Waals surface area contributed by atoms with Gasteiger partial charge in [-0.1, -0.05) is 30.3 Å². The standard InChI is InChI=1S/C30H32N2O5S2/c1-21(33)32(26-11-13-27(14-12-26)38(4,34)35)17-15-22-8-6-9-23(18-22)28-20-25(30(2,3)39(5,36)37)19-24-10-7-16-31-29(24)28/h6-14,16,18-20H,15,17H2,1-5H3. The lowest BCUT2D eigenvalue weighted by atomic mass is 9.92. The summed E-state index contributed by atoms with van der Waals surface area (Å²) < 4.78 is 47.7. The summed E-state index contributed by atoms with van der Waals surface area (Å²) in [6.07, 6.45) is 4.67. The first-order chi connectivity index (χ1) is 18.2. The van der Waals surface area contributed by atoms with E-state index in [0.29, 0.717) is 24.2 Å². The van der Waals surface area contributed by atoms with Gasteiger partial charge in [-0.2, -0.15) is 0 Å². The van der Waals surface area contributed by atoms with Gasteiger partial charge in [0.1, 0.15) is 0 Å². The van der Waals surface area contributed by atoms with Crippen molar-refractivity contribution in [2.24, 2.45) is 0 Å². The molecular weight excluding hydrogens is 532 g/mol. The minimum Gasteiger partial charge on any atom is -0.312 e. The van der Waals surface area contributed by atoms with Gasteiger partial charge in [-0.25, -0.2) is 16.8 Å². The Morgan fingerprint density at radius 2 is 1.59 bits per heavy atom. The molecule has 0 saturated carbocycles. The van der Waals surface area contributed by atoms with Crippen molar-refractivity contribution in [1.29, 1.82) is 0 Å². The second kappa shape index (κ2) is 10.5. The van der Waals surface area contributed by atoms with Crippen molar-refractivity contribution in [3.05, 3.63) is 90.1 Å². The van der Waals surface area contributed by atoms with E-state index in [9.17, 15) is 21.6 Å². The number of carbonyl (C=O) groups is 1. The highest BCUT2D eigenvalue weighted by atomic mass is 32.2. The van der Waals surface area contributed by atoms with Gasteiger partial charge in [0.15, 0.2) is 19.7 Å². The molecule has 1 amide bonds. The molecule has 7 nitrogen and oxygen atoms in total. The largest absolute Gasteiger partial charge is 0.312 e. The number of carbonyl (C=O) groups excluding carboxylic acids is 1. The monoisotopic (exact) mass is 564 g/mol. The first-order valence-corrected chi connectivity index (χ1v) is 16.2. The normalized spacial score (nSPS) is 12.4. The second-order valence-corrected chi connectivity index (χ2v) is 14.8. The van der Waals surface area contributed by atoms with Crippen LogP contribution < -0.4 is 4.90 Å². The molecule has 0 N–H and O–H groups in total. The number of amides is 1. The number of fused-ring (bicyclic) bond motifs is 1. The molecule has 39 heavy (non-hydrogen) atoms. The third kappa shape index (κ3) is 6.04. The molecule has 0 saturated heterocycles. The maximum absolute atomic E-state index is 12.6. The van der Waals surface area contributed by atoms with Crippen molar-refractivity contribution in [2.75, 3.05) is 24.0 Å². The fourth-order valence-corrected chi connectivity index (χ4v) is 5.63. The summed E-state index contributed by atoms with van der Waals surface area (Å²) >= 11 is 0. The van der Waals surface area contributed by atoms with Crippen molar-refractivity contribution < 1.29 is 21.6 Å². The molecular formula is C30H32N2O5S2. The predicted molar refractivity (Wildman–Crippen MR) is 156 cm³/mol. The molecule has 9 heteroatoms. The van der Waals surface area contributed by atoms with Gasteiger partial charge in [-0.05, 0) is 79.4 Å². The number of benzene rings is 3. The Balaban J connectivity index is 1.68. The molecule has 0 fully saturated rings. The molecule has 204 valence electrons. The van der Waals surface area contributed by atoms with Crippen LogP contribution in [-0.2, 0) is 35.6 Å². The number of pyridine rings is 1. The van der Waals surface area contributed by atoms with Gasteiger partial charge >= 0.3 is 0 Å². The van der Waals surface area contributed by atoms with E-state index >= 15 is 0 Å². The number of sulfone groups is 2. The lowest BCUT2D eigenvalue weighted by Crippen LogP contribution is -2.30. The Labute approximate surface area is 230 Å². The van der Waals surface area contributed by atoms with E-state index in [2.05, 4.69) is 4.98 Å². The number of anilines is 1. The van der Waals surface area contributed by atoms with Gasteiger partial charge < -0.3 is 4.90 Å². The highest BCUT2D eigenvalue weighted by molar-refractivity contribution is 7.91. The van der Waals surface area contributed by atoms with E-state index in [-0.39, 0.29) is 10.8 Å². The zero-order valence-corrected chi connectivity index (χ0v) is 24.3. The highest BCUT2D eigenvalue weighted by Crippen LogP contribution is 2.36. The highest BCUT2D eigenvalue weighted by Gasteiger charge is 2.33. The Morgan fingerprint density at radius 3 is 2.21 bits per heavy atom. The first kappa shape index (κ1) is 28.4. The van der Waals surface area contributed by atoms with Gasteiger partial charge in [0.2, 0.25) is 5.91 Å². The molecule has 0 bridgehead atoms.